The minimum absolute atomic E-state index is 0.0396. The molecule has 0 bridgehead atoms. The van der Waals surface area contributed by atoms with Gasteiger partial charge < -0.3 is 19.4 Å². The van der Waals surface area contributed by atoms with E-state index in [9.17, 15) is 9.59 Å². The fourth-order valence-electron chi connectivity index (χ4n) is 4.49. The Hall–Kier alpha value is -3.65. The molecule has 7 nitrogen and oxygen atoms in total. The number of nitrogens with zero attached hydrogens (tertiary/aromatic N) is 2. The molecule has 0 saturated heterocycles. The first-order valence-electron chi connectivity index (χ1n) is 12.4. The van der Waals surface area contributed by atoms with Crippen LogP contribution in [0.4, 0.5) is 11.4 Å². The van der Waals surface area contributed by atoms with Crippen LogP contribution in [0.3, 0.4) is 0 Å². The van der Waals surface area contributed by atoms with Crippen molar-refractivity contribution in [2.24, 2.45) is 4.99 Å². The van der Waals surface area contributed by atoms with Gasteiger partial charge in [0, 0.05) is 17.5 Å². The van der Waals surface area contributed by atoms with Gasteiger partial charge in [0.05, 0.1) is 29.2 Å². The van der Waals surface area contributed by atoms with E-state index >= 15 is 0 Å². The van der Waals surface area contributed by atoms with Crippen molar-refractivity contribution in [1.29, 1.82) is 0 Å². The van der Waals surface area contributed by atoms with E-state index < -0.39 is 0 Å². The molecule has 186 valence electrons. The monoisotopic (exact) mass is 503 g/mol. The molecule has 0 spiro atoms. The van der Waals surface area contributed by atoms with Crippen LogP contribution >= 0.6 is 11.3 Å². The second kappa shape index (κ2) is 11.0. The van der Waals surface area contributed by atoms with Gasteiger partial charge in [-0.3, -0.25) is 4.79 Å². The lowest BCUT2D eigenvalue weighted by atomic mass is 9.97. The number of anilines is 1. The van der Waals surface area contributed by atoms with E-state index in [1.54, 1.807) is 30.4 Å². The van der Waals surface area contributed by atoms with Crippen LogP contribution in [0.5, 0.6) is 5.75 Å². The SMILES string of the molecule is CCOC(=O)c1ccc(N=c2scc(-c3ccc4c(c3)NC(=O)CO4)n2CCC2=CCCCC2)cc1. The molecule has 2 aliphatic rings. The van der Waals surface area contributed by atoms with Gasteiger partial charge in [0.15, 0.2) is 11.4 Å². The van der Waals surface area contributed by atoms with Gasteiger partial charge in [0.1, 0.15) is 5.75 Å². The van der Waals surface area contributed by atoms with Crippen LogP contribution in [-0.2, 0) is 16.1 Å². The molecule has 3 aromatic rings. The fraction of sp³-hybridized carbons (Fsp3) is 0.321. The van der Waals surface area contributed by atoms with Gasteiger partial charge in [0.25, 0.3) is 5.91 Å². The highest BCUT2D eigenvalue weighted by molar-refractivity contribution is 7.07. The number of hydrogen-bond acceptors (Lipinski definition) is 6. The minimum Gasteiger partial charge on any atom is -0.482 e. The van der Waals surface area contributed by atoms with Crippen molar-refractivity contribution in [2.45, 2.75) is 45.6 Å². The zero-order valence-electron chi connectivity index (χ0n) is 20.3. The molecule has 0 saturated carbocycles. The summed E-state index contributed by atoms with van der Waals surface area (Å²) in [6.45, 7) is 2.99. The molecule has 0 fully saturated rings. The normalized spacial score (nSPS) is 15.5. The molecule has 36 heavy (non-hydrogen) atoms. The molecule has 1 aromatic heterocycles. The van der Waals surface area contributed by atoms with Crippen molar-refractivity contribution in [1.82, 2.24) is 4.57 Å². The Kier molecular flexibility index (Phi) is 7.32. The minimum atomic E-state index is -0.332. The molecule has 1 aliphatic heterocycles. The lowest BCUT2D eigenvalue weighted by molar-refractivity contribution is -0.118. The summed E-state index contributed by atoms with van der Waals surface area (Å²) < 4.78 is 12.9. The first-order chi connectivity index (χ1) is 17.6. The maximum Gasteiger partial charge on any atom is 0.338 e. The number of amides is 1. The molecule has 2 heterocycles. The zero-order valence-corrected chi connectivity index (χ0v) is 21.1. The number of aromatic nitrogens is 1. The molecule has 5 rings (SSSR count). The molecule has 0 radical (unpaired) electrons. The third-order valence-electron chi connectivity index (χ3n) is 6.35. The largest absolute Gasteiger partial charge is 0.482 e. The number of fused-ring (bicyclic) bond motifs is 1. The van der Waals surface area contributed by atoms with Crippen LogP contribution in [0.1, 0.15) is 49.4 Å². The number of rotatable bonds is 7. The maximum absolute atomic E-state index is 12.0. The molecule has 1 N–H and O–H groups in total. The number of hydrogen-bond donors (Lipinski definition) is 1. The van der Waals surface area contributed by atoms with E-state index in [1.807, 2.05) is 30.3 Å². The number of thiazole rings is 1. The summed E-state index contributed by atoms with van der Waals surface area (Å²) in [6.07, 6.45) is 8.19. The Bertz CT molecular complexity index is 1370. The van der Waals surface area contributed by atoms with Crippen molar-refractivity contribution in [3.63, 3.8) is 0 Å². The number of ether oxygens (including phenoxy) is 2. The van der Waals surface area contributed by atoms with E-state index in [4.69, 9.17) is 14.5 Å². The molecule has 8 heteroatoms. The highest BCUT2D eigenvalue weighted by Gasteiger charge is 2.18. The van der Waals surface area contributed by atoms with Crippen LogP contribution in [0.2, 0.25) is 0 Å². The predicted octanol–water partition coefficient (Wildman–Crippen LogP) is 5.85. The summed E-state index contributed by atoms with van der Waals surface area (Å²) in [4.78, 5) is 29.6. The number of allylic oxidation sites excluding steroid dienone is 2. The van der Waals surface area contributed by atoms with Gasteiger partial charge in [-0.15, -0.1) is 11.3 Å². The Balaban J connectivity index is 1.50. The van der Waals surface area contributed by atoms with Gasteiger partial charge in [-0.2, -0.15) is 0 Å². The first-order valence-corrected chi connectivity index (χ1v) is 13.2. The molecule has 1 aliphatic carbocycles. The fourth-order valence-corrected chi connectivity index (χ4v) is 5.45. The summed E-state index contributed by atoms with van der Waals surface area (Å²) in [5, 5.41) is 5.01. The van der Waals surface area contributed by atoms with Crippen molar-refractivity contribution in [3.05, 3.63) is 69.9 Å². The van der Waals surface area contributed by atoms with Crippen LogP contribution in [0, 0.1) is 0 Å². The number of carbonyl (C=O) groups excluding carboxylic acids is 2. The molecule has 0 atom stereocenters. The third-order valence-corrected chi connectivity index (χ3v) is 7.21. The molecular weight excluding hydrogens is 474 g/mol. The Labute approximate surface area is 214 Å². The summed E-state index contributed by atoms with van der Waals surface area (Å²) in [5.41, 5.74) is 5.51. The van der Waals surface area contributed by atoms with Gasteiger partial charge in [-0.1, -0.05) is 11.6 Å². The topological polar surface area (TPSA) is 81.9 Å². The van der Waals surface area contributed by atoms with Gasteiger partial charge in [-0.05, 0) is 81.5 Å². The molecule has 2 aromatic carbocycles. The van der Waals surface area contributed by atoms with E-state index in [1.165, 1.54) is 18.4 Å². The molecular formula is C28H29N3O4S. The van der Waals surface area contributed by atoms with Crippen LogP contribution < -0.4 is 14.9 Å². The van der Waals surface area contributed by atoms with Crippen LogP contribution in [-0.4, -0.2) is 29.7 Å². The third kappa shape index (κ3) is 5.44. The number of carbonyl (C=O) groups is 2. The quantitative estimate of drug-likeness (QED) is 0.324. The van der Waals surface area contributed by atoms with E-state index in [0.717, 1.165) is 47.6 Å². The van der Waals surface area contributed by atoms with Crippen LogP contribution in [0.15, 0.2) is 64.5 Å². The van der Waals surface area contributed by atoms with E-state index in [0.29, 0.717) is 23.6 Å². The van der Waals surface area contributed by atoms with E-state index in [2.05, 4.69) is 21.3 Å². The second-order valence-electron chi connectivity index (χ2n) is 8.84. The van der Waals surface area contributed by atoms with Gasteiger partial charge in [0.2, 0.25) is 0 Å². The summed E-state index contributed by atoms with van der Waals surface area (Å²) in [5.74, 6) is 0.199. The average Bonchev–Trinajstić information content (AvgIpc) is 3.30. The summed E-state index contributed by atoms with van der Waals surface area (Å²) in [6, 6.07) is 13.1. The lowest BCUT2D eigenvalue weighted by Gasteiger charge is -2.19. The lowest BCUT2D eigenvalue weighted by Crippen LogP contribution is -2.25. The van der Waals surface area contributed by atoms with Crippen molar-refractivity contribution in [2.75, 3.05) is 18.5 Å². The number of benzene rings is 2. The summed E-state index contributed by atoms with van der Waals surface area (Å²) in [7, 11) is 0. The molecule has 0 unspecified atom stereocenters. The standard InChI is InChI=1S/C28H29N3O4S/c1-2-34-27(33)20-8-11-22(12-9-20)29-28-31(15-14-19-6-4-3-5-7-19)24(18-36-28)21-10-13-25-23(16-21)30-26(32)17-35-25/h6,8-13,16,18H,2-5,7,14-15,17H2,1H3,(H,30,32). The Morgan fingerprint density at radius 1 is 1.19 bits per heavy atom. The van der Waals surface area contributed by atoms with Crippen molar-refractivity contribution >= 4 is 34.6 Å². The van der Waals surface area contributed by atoms with E-state index in [-0.39, 0.29) is 18.5 Å². The number of esters is 1. The highest BCUT2D eigenvalue weighted by atomic mass is 32.1. The van der Waals surface area contributed by atoms with Crippen molar-refractivity contribution < 1.29 is 19.1 Å². The first kappa shape index (κ1) is 24.1. The number of nitrogens with one attached hydrogen (secondary N) is 1. The Morgan fingerprint density at radius 3 is 2.83 bits per heavy atom. The van der Waals surface area contributed by atoms with Crippen LogP contribution in [0.25, 0.3) is 11.3 Å². The van der Waals surface area contributed by atoms with Gasteiger partial charge in [-0.25, -0.2) is 9.79 Å². The smallest absolute Gasteiger partial charge is 0.338 e. The average molecular weight is 504 g/mol. The van der Waals surface area contributed by atoms with Gasteiger partial charge >= 0.3 is 5.97 Å². The molecule has 1 amide bonds. The van der Waals surface area contributed by atoms with Crippen molar-refractivity contribution in [3.8, 4) is 17.0 Å². The zero-order chi connectivity index (χ0) is 24.9. The maximum atomic E-state index is 12.0. The Morgan fingerprint density at radius 2 is 2.06 bits per heavy atom. The summed E-state index contributed by atoms with van der Waals surface area (Å²) >= 11 is 1.58. The predicted molar refractivity (Wildman–Crippen MR) is 141 cm³/mol. The highest BCUT2D eigenvalue weighted by Crippen LogP contribution is 2.33. The second-order valence-corrected chi connectivity index (χ2v) is 9.68.